The van der Waals surface area contributed by atoms with Gasteiger partial charge in [0.1, 0.15) is 6.61 Å². The molecule has 7 heteroatoms. The Morgan fingerprint density at radius 2 is 1.93 bits per heavy atom. The number of esters is 1. The van der Waals surface area contributed by atoms with E-state index >= 15 is 0 Å². The molecule has 0 radical (unpaired) electrons. The molecule has 1 N–H and O–H groups in total. The quantitative estimate of drug-likeness (QED) is 0.653. The van der Waals surface area contributed by atoms with Crippen LogP contribution in [-0.2, 0) is 32.2 Å². The van der Waals surface area contributed by atoms with Crippen molar-refractivity contribution in [3.05, 3.63) is 59.7 Å². The molecule has 0 aliphatic carbocycles. The average Bonchev–Trinajstić information content (AvgIpc) is 3.30. The van der Waals surface area contributed by atoms with Crippen molar-refractivity contribution in [1.29, 1.82) is 0 Å². The lowest BCUT2D eigenvalue weighted by molar-refractivity contribution is -0.157. The summed E-state index contributed by atoms with van der Waals surface area (Å²) >= 11 is 0. The zero-order valence-electron chi connectivity index (χ0n) is 16.4. The van der Waals surface area contributed by atoms with Gasteiger partial charge in [-0.05, 0) is 36.1 Å². The first-order valence-corrected chi connectivity index (χ1v) is 9.54. The van der Waals surface area contributed by atoms with E-state index in [2.05, 4.69) is 5.32 Å². The molecule has 0 bridgehead atoms. The molecule has 2 aromatic carbocycles. The van der Waals surface area contributed by atoms with Crippen LogP contribution in [0.2, 0.25) is 0 Å². The fraction of sp³-hybridized carbons (Fsp3) is 0.364. The number of nitrogens with one attached hydrogen (secondary N) is 1. The summed E-state index contributed by atoms with van der Waals surface area (Å²) in [6.45, 7) is 0.946. The lowest BCUT2D eigenvalue weighted by atomic mass is 10.2. The molecule has 0 saturated carbocycles. The van der Waals surface area contributed by atoms with Crippen LogP contribution in [0.5, 0.6) is 11.5 Å². The smallest absolute Gasteiger partial charge is 0.335 e. The van der Waals surface area contributed by atoms with Crippen molar-refractivity contribution >= 4 is 11.9 Å². The molecule has 1 heterocycles. The molecule has 1 aliphatic heterocycles. The summed E-state index contributed by atoms with van der Waals surface area (Å²) in [6, 6.07) is 15.3. The van der Waals surface area contributed by atoms with E-state index in [0.717, 1.165) is 17.5 Å². The molecule has 1 saturated heterocycles. The van der Waals surface area contributed by atoms with Gasteiger partial charge in [-0.3, -0.25) is 4.79 Å². The number of hydrogen-bond donors (Lipinski definition) is 1. The molecule has 1 amide bonds. The Hall–Kier alpha value is -3.06. The number of ether oxygens (including phenoxy) is 4. The maximum absolute atomic E-state index is 11.9. The molecule has 1 aliphatic rings. The third kappa shape index (κ3) is 6.22. The summed E-state index contributed by atoms with van der Waals surface area (Å²) in [7, 11) is 1.57. The SMILES string of the molecule is COc1cc(CNC(=O)COC(=O)[C@H]2CCCO2)ccc1OCc1ccccc1. The Balaban J connectivity index is 1.46. The summed E-state index contributed by atoms with van der Waals surface area (Å²) in [4.78, 5) is 23.7. The lowest BCUT2D eigenvalue weighted by Gasteiger charge is -2.13. The highest BCUT2D eigenvalue weighted by molar-refractivity contribution is 5.82. The second kappa shape index (κ2) is 10.5. The molecular weight excluding hydrogens is 374 g/mol. The molecule has 1 atom stereocenters. The minimum atomic E-state index is -0.546. The van der Waals surface area contributed by atoms with Crippen molar-refractivity contribution in [1.82, 2.24) is 5.32 Å². The van der Waals surface area contributed by atoms with E-state index in [1.54, 1.807) is 19.2 Å². The Morgan fingerprint density at radius 1 is 1.10 bits per heavy atom. The molecule has 3 rings (SSSR count). The molecule has 0 aromatic heterocycles. The van der Waals surface area contributed by atoms with Crippen LogP contribution in [-0.4, -0.2) is 38.3 Å². The Morgan fingerprint density at radius 3 is 2.66 bits per heavy atom. The summed E-state index contributed by atoms with van der Waals surface area (Å²) in [6.07, 6.45) is 0.924. The minimum Gasteiger partial charge on any atom is -0.493 e. The number of methoxy groups -OCH3 is 1. The molecule has 2 aromatic rings. The predicted octanol–water partition coefficient (Wildman–Crippen LogP) is 2.61. The van der Waals surface area contributed by atoms with Crippen LogP contribution in [0.15, 0.2) is 48.5 Å². The average molecular weight is 399 g/mol. The molecule has 1 fully saturated rings. The number of carbonyl (C=O) groups is 2. The highest BCUT2D eigenvalue weighted by atomic mass is 16.6. The van der Waals surface area contributed by atoms with Crippen molar-refractivity contribution in [2.75, 3.05) is 20.3 Å². The first-order valence-electron chi connectivity index (χ1n) is 9.54. The highest BCUT2D eigenvalue weighted by Crippen LogP contribution is 2.28. The molecule has 7 nitrogen and oxygen atoms in total. The number of amides is 1. The van der Waals surface area contributed by atoms with Gasteiger partial charge in [-0.25, -0.2) is 4.79 Å². The molecule has 154 valence electrons. The maximum atomic E-state index is 11.9. The van der Waals surface area contributed by atoms with Crippen LogP contribution in [0.1, 0.15) is 24.0 Å². The van der Waals surface area contributed by atoms with Crippen LogP contribution in [0, 0.1) is 0 Å². The second-order valence-corrected chi connectivity index (χ2v) is 6.65. The number of rotatable bonds is 9. The van der Waals surface area contributed by atoms with Crippen molar-refractivity contribution < 1.29 is 28.5 Å². The minimum absolute atomic E-state index is 0.283. The molecular formula is C22H25NO6. The van der Waals surface area contributed by atoms with Crippen LogP contribution in [0.25, 0.3) is 0 Å². The standard InChI is InChI=1S/C22H25NO6/c1-26-20-12-17(9-10-18(20)28-14-16-6-3-2-4-7-16)13-23-21(24)15-29-22(25)19-8-5-11-27-19/h2-4,6-7,9-10,12,19H,5,8,11,13-15H2,1H3,(H,23,24)/t19-/m1/s1. The molecule has 29 heavy (non-hydrogen) atoms. The van der Waals surface area contributed by atoms with E-state index < -0.39 is 12.1 Å². The van der Waals surface area contributed by atoms with Crippen LogP contribution in [0.4, 0.5) is 0 Å². The Bertz CT molecular complexity index is 817. The van der Waals surface area contributed by atoms with Gasteiger partial charge in [-0.15, -0.1) is 0 Å². The van der Waals surface area contributed by atoms with Gasteiger partial charge in [0.25, 0.3) is 5.91 Å². The van der Waals surface area contributed by atoms with Gasteiger partial charge in [0.2, 0.25) is 0 Å². The number of hydrogen-bond acceptors (Lipinski definition) is 6. The van der Waals surface area contributed by atoms with Crippen LogP contribution < -0.4 is 14.8 Å². The fourth-order valence-corrected chi connectivity index (χ4v) is 2.92. The molecule has 0 spiro atoms. The predicted molar refractivity (Wildman–Crippen MR) is 106 cm³/mol. The largest absolute Gasteiger partial charge is 0.493 e. The topological polar surface area (TPSA) is 83.1 Å². The monoisotopic (exact) mass is 399 g/mol. The van der Waals surface area contributed by atoms with E-state index in [-0.39, 0.29) is 19.1 Å². The molecule has 0 unspecified atom stereocenters. The Labute approximate surface area is 169 Å². The zero-order chi connectivity index (χ0) is 20.5. The first-order chi connectivity index (χ1) is 14.2. The third-order valence-corrected chi connectivity index (χ3v) is 4.49. The lowest BCUT2D eigenvalue weighted by Crippen LogP contribution is -2.31. The maximum Gasteiger partial charge on any atom is 0.335 e. The fourth-order valence-electron chi connectivity index (χ4n) is 2.92. The van der Waals surface area contributed by atoms with Crippen molar-refractivity contribution in [3.63, 3.8) is 0 Å². The van der Waals surface area contributed by atoms with Crippen molar-refractivity contribution in [3.8, 4) is 11.5 Å². The number of benzene rings is 2. The first kappa shape index (κ1) is 20.7. The van der Waals surface area contributed by atoms with Gasteiger partial charge in [-0.2, -0.15) is 0 Å². The van der Waals surface area contributed by atoms with Gasteiger partial charge in [0.05, 0.1) is 7.11 Å². The van der Waals surface area contributed by atoms with Crippen LogP contribution >= 0.6 is 0 Å². The van der Waals surface area contributed by atoms with E-state index in [9.17, 15) is 9.59 Å². The van der Waals surface area contributed by atoms with Gasteiger partial charge in [0.15, 0.2) is 24.2 Å². The Kier molecular flexibility index (Phi) is 7.47. The number of carbonyl (C=O) groups excluding carboxylic acids is 2. The van der Waals surface area contributed by atoms with Crippen molar-refractivity contribution in [2.45, 2.75) is 32.1 Å². The van der Waals surface area contributed by atoms with E-state index in [4.69, 9.17) is 18.9 Å². The third-order valence-electron chi connectivity index (χ3n) is 4.49. The van der Waals surface area contributed by atoms with E-state index in [0.29, 0.717) is 31.1 Å². The van der Waals surface area contributed by atoms with Crippen molar-refractivity contribution in [2.24, 2.45) is 0 Å². The summed E-state index contributed by atoms with van der Waals surface area (Å²) in [5, 5.41) is 2.72. The van der Waals surface area contributed by atoms with E-state index in [1.165, 1.54) is 0 Å². The van der Waals surface area contributed by atoms with Gasteiger partial charge in [-0.1, -0.05) is 36.4 Å². The summed E-state index contributed by atoms with van der Waals surface area (Å²) in [5.41, 5.74) is 1.90. The zero-order valence-corrected chi connectivity index (χ0v) is 16.4. The summed E-state index contributed by atoms with van der Waals surface area (Å²) in [5.74, 6) is 0.341. The van der Waals surface area contributed by atoms with Gasteiger partial charge >= 0.3 is 5.97 Å². The van der Waals surface area contributed by atoms with E-state index in [1.807, 2.05) is 36.4 Å². The normalized spacial score (nSPS) is 15.6. The summed E-state index contributed by atoms with van der Waals surface area (Å²) < 4.78 is 21.4. The van der Waals surface area contributed by atoms with Gasteiger partial charge < -0.3 is 24.3 Å². The van der Waals surface area contributed by atoms with Gasteiger partial charge in [0, 0.05) is 13.2 Å². The second-order valence-electron chi connectivity index (χ2n) is 6.65. The highest BCUT2D eigenvalue weighted by Gasteiger charge is 2.25. The van der Waals surface area contributed by atoms with Crippen LogP contribution in [0.3, 0.4) is 0 Å².